The molecule has 1 aromatic carbocycles. The average Bonchev–Trinajstić information content (AvgIpc) is 2.74. The van der Waals surface area contributed by atoms with E-state index in [0.717, 1.165) is 50.2 Å². The van der Waals surface area contributed by atoms with Crippen LogP contribution in [-0.4, -0.2) is 30.2 Å². The Labute approximate surface area is 183 Å². The summed E-state index contributed by atoms with van der Waals surface area (Å²) in [5.41, 5.74) is 3.62. The normalized spacial score (nSPS) is 17.6. The van der Waals surface area contributed by atoms with E-state index in [0.29, 0.717) is 17.6 Å². The van der Waals surface area contributed by atoms with Gasteiger partial charge in [0.05, 0.1) is 5.70 Å². The lowest BCUT2D eigenvalue weighted by Crippen LogP contribution is -2.45. The molecule has 6 nitrogen and oxygen atoms in total. The number of carbonyl (C=O) groups is 1. The van der Waals surface area contributed by atoms with Gasteiger partial charge in [-0.2, -0.15) is 0 Å². The molecule has 1 aromatic heterocycles. The average molecular weight is 417 g/mol. The third-order valence-corrected chi connectivity index (χ3v) is 5.62. The predicted molar refractivity (Wildman–Crippen MR) is 123 cm³/mol. The van der Waals surface area contributed by atoms with E-state index in [9.17, 15) is 4.79 Å². The fraction of sp³-hybridized carbons (Fsp3) is 0.360. The lowest BCUT2D eigenvalue weighted by Gasteiger charge is -2.36. The molecule has 4 rings (SSSR count). The highest BCUT2D eigenvalue weighted by Gasteiger charge is 2.23. The summed E-state index contributed by atoms with van der Waals surface area (Å²) in [7, 11) is 0. The number of benzene rings is 1. The molecule has 1 saturated heterocycles. The van der Waals surface area contributed by atoms with Crippen molar-refractivity contribution in [2.75, 3.05) is 23.3 Å². The second-order valence-corrected chi connectivity index (χ2v) is 7.86. The van der Waals surface area contributed by atoms with Crippen molar-refractivity contribution in [3.8, 4) is 17.6 Å². The third-order valence-electron chi connectivity index (χ3n) is 5.62. The van der Waals surface area contributed by atoms with Gasteiger partial charge in [-0.05, 0) is 68.7 Å². The number of anilines is 2. The first-order valence-electron chi connectivity index (χ1n) is 10.9. The van der Waals surface area contributed by atoms with Crippen molar-refractivity contribution >= 4 is 17.6 Å². The van der Waals surface area contributed by atoms with E-state index in [-0.39, 0.29) is 0 Å². The summed E-state index contributed by atoms with van der Waals surface area (Å²) in [5, 5.41) is 6.41. The molecule has 2 fully saturated rings. The number of amides is 1. The van der Waals surface area contributed by atoms with E-state index in [2.05, 4.69) is 32.4 Å². The number of hydrogen-bond acceptors (Lipinski definition) is 5. The molecule has 2 aromatic rings. The van der Waals surface area contributed by atoms with Gasteiger partial charge in [0, 0.05) is 37.1 Å². The van der Waals surface area contributed by atoms with Gasteiger partial charge < -0.3 is 15.0 Å². The molecule has 1 aliphatic carbocycles. The number of aromatic nitrogens is 1. The van der Waals surface area contributed by atoms with Crippen LogP contribution < -0.4 is 20.3 Å². The molecule has 6 heteroatoms. The summed E-state index contributed by atoms with van der Waals surface area (Å²) >= 11 is 0. The second-order valence-electron chi connectivity index (χ2n) is 7.86. The van der Waals surface area contributed by atoms with Gasteiger partial charge >= 0.3 is 6.09 Å². The SMILES string of the molecule is CC#CC(NC1CCCN(c2ccnc(NC(=O)Oc3ccccc3)c2)C1)=C1CCC1. The Bertz CT molecular complexity index is 1000. The molecule has 1 unspecified atom stereocenters. The van der Waals surface area contributed by atoms with Gasteiger partial charge in [-0.3, -0.25) is 5.32 Å². The number of carbonyl (C=O) groups excluding carboxylic acids is 1. The van der Waals surface area contributed by atoms with Gasteiger partial charge in [0.2, 0.25) is 0 Å². The Morgan fingerprint density at radius 2 is 2.03 bits per heavy atom. The van der Waals surface area contributed by atoms with Gasteiger partial charge in [0.25, 0.3) is 0 Å². The Morgan fingerprint density at radius 1 is 1.19 bits per heavy atom. The van der Waals surface area contributed by atoms with Crippen molar-refractivity contribution in [3.63, 3.8) is 0 Å². The largest absolute Gasteiger partial charge is 0.418 e. The quantitative estimate of drug-likeness (QED) is 0.691. The minimum Gasteiger partial charge on any atom is -0.410 e. The topological polar surface area (TPSA) is 66.5 Å². The summed E-state index contributed by atoms with van der Waals surface area (Å²) in [5.74, 6) is 7.28. The molecule has 1 saturated carbocycles. The second kappa shape index (κ2) is 10.0. The van der Waals surface area contributed by atoms with Gasteiger partial charge in [-0.15, -0.1) is 0 Å². The Kier molecular flexibility index (Phi) is 6.73. The highest BCUT2D eigenvalue weighted by atomic mass is 16.6. The summed E-state index contributed by atoms with van der Waals surface area (Å²) in [6, 6.07) is 13.2. The van der Waals surface area contributed by atoms with Crippen LogP contribution >= 0.6 is 0 Å². The van der Waals surface area contributed by atoms with E-state index < -0.39 is 6.09 Å². The molecule has 0 radical (unpaired) electrons. The molecular weight excluding hydrogens is 388 g/mol. The van der Waals surface area contributed by atoms with Crippen molar-refractivity contribution in [1.29, 1.82) is 0 Å². The molecule has 2 heterocycles. The first kappa shape index (κ1) is 20.8. The van der Waals surface area contributed by atoms with Crippen molar-refractivity contribution in [1.82, 2.24) is 10.3 Å². The molecule has 31 heavy (non-hydrogen) atoms. The van der Waals surface area contributed by atoms with E-state index in [4.69, 9.17) is 4.74 Å². The van der Waals surface area contributed by atoms with E-state index in [1.165, 1.54) is 12.0 Å². The number of nitrogens with zero attached hydrogens (tertiary/aromatic N) is 2. The standard InChI is InChI=1S/C25H28N4O2/c1-2-8-23(19-9-6-10-19)27-20-11-7-16-29(18-20)21-14-15-26-24(17-21)28-25(30)31-22-12-4-3-5-13-22/h3-5,12-15,17,20,27H,6-7,9-11,16,18H2,1H3,(H,26,28,30). The van der Waals surface area contributed by atoms with Gasteiger partial charge in [0.15, 0.2) is 0 Å². The zero-order valence-corrected chi connectivity index (χ0v) is 17.9. The van der Waals surface area contributed by atoms with Crippen molar-refractivity contribution in [3.05, 3.63) is 59.9 Å². The number of piperidine rings is 1. The van der Waals surface area contributed by atoms with E-state index in [1.54, 1.807) is 18.3 Å². The minimum absolute atomic E-state index is 0.352. The first-order chi connectivity index (χ1) is 15.2. The molecule has 160 valence electrons. The van der Waals surface area contributed by atoms with Crippen LogP contribution in [-0.2, 0) is 0 Å². The smallest absolute Gasteiger partial charge is 0.410 e. The Hall–Kier alpha value is -3.46. The summed E-state index contributed by atoms with van der Waals surface area (Å²) in [6.45, 7) is 3.75. The molecule has 1 amide bonds. The number of pyridine rings is 1. The van der Waals surface area contributed by atoms with Crippen LogP contribution in [0.25, 0.3) is 0 Å². The number of allylic oxidation sites excluding steroid dienone is 2. The lowest BCUT2D eigenvalue weighted by atomic mass is 9.90. The molecule has 1 atom stereocenters. The highest BCUT2D eigenvalue weighted by Crippen LogP contribution is 2.29. The van der Waals surface area contributed by atoms with Crippen LogP contribution in [0, 0.1) is 11.8 Å². The number of ether oxygens (including phenoxy) is 1. The van der Waals surface area contributed by atoms with Crippen LogP contribution in [0.3, 0.4) is 0 Å². The fourth-order valence-electron chi connectivity index (χ4n) is 3.90. The first-order valence-corrected chi connectivity index (χ1v) is 10.9. The third kappa shape index (κ3) is 5.58. The molecule has 2 aliphatic rings. The van der Waals surface area contributed by atoms with Gasteiger partial charge in [0.1, 0.15) is 11.6 Å². The molecule has 0 spiro atoms. The summed E-state index contributed by atoms with van der Waals surface area (Å²) in [6.07, 6.45) is 6.97. The summed E-state index contributed by atoms with van der Waals surface area (Å²) < 4.78 is 5.29. The number of nitrogens with one attached hydrogen (secondary N) is 2. The number of rotatable bonds is 5. The lowest BCUT2D eigenvalue weighted by molar-refractivity contribution is 0.215. The fourth-order valence-corrected chi connectivity index (χ4v) is 3.90. The van der Waals surface area contributed by atoms with Gasteiger partial charge in [-0.1, -0.05) is 24.1 Å². The Morgan fingerprint density at radius 3 is 2.77 bits per heavy atom. The van der Waals surface area contributed by atoms with Crippen LogP contribution in [0.4, 0.5) is 16.3 Å². The monoisotopic (exact) mass is 416 g/mol. The molecule has 1 aliphatic heterocycles. The molecular formula is C25H28N4O2. The number of para-hydroxylation sites is 1. The van der Waals surface area contributed by atoms with E-state index >= 15 is 0 Å². The zero-order chi connectivity index (χ0) is 21.5. The molecule has 0 bridgehead atoms. The van der Waals surface area contributed by atoms with Crippen molar-refractivity contribution < 1.29 is 9.53 Å². The van der Waals surface area contributed by atoms with Gasteiger partial charge in [-0.25, -0.2) is 9.78 Å². The van der Waals surface area contributed by atoms with Crippen LogP contribution in [0.2, 0.25) is 0 Å². The van der Waals surface area contributed by atoms with Crippen molar-refractivity contribution in [2.24, 2.45) is 0 Å². The minimum atomic E-state index is -0.552. The van der Waals surface area contributed by atoms with Crippen molar-refractivity contribution in [2.45, 2.75) is 45.1 Å². The zero-order valence-electron chi connectivity index (χ0n) is 17.9. The van der Waals surface area contributed by atoms with E-state index in [1.807, 2.05) is 37.3 Å². The maximum absolute atomic E-state index is 12.2. The summed E-state index contributed by atoms with van der Waals surface area (Å²) in [4.78, 5) is 18.8. The van der Waals surface area contributed by atoms with Crippen LogP contribution in [0.1, 0.15) is 39.0 Å². The highest BCUT2D eigenvalue weighted by molar-refractivity contribution is 5.85. The maximum atomic E-state index is 12.2. The van der Waals surface area contributed by atoms with Crippen LogP contribution in [0.15, 0.2) is 59.9 Å². The predicted octanol–water partition coefficient (Wildman–Crippen LogP) is 4.71. The number of hydrogen-bond donors (Lipinski definition) is 2. The van der Waals surface area contributed by atoms with Crippen LogP contribution in [0.5, 0.6) is 5.75 Å². The molecule has 2 N–H and O–H groups in total. The Balaban J connectivity index is 1.38. The maximum Gasteiger partial charge on any atom is 0.418 e.